The molecule has 14 heavy (non-hydrogen) atoms. The first kappa shape index (κ1) is 14.5. The van der Waals surface area contributed by atoms with Crippen molar-refractivity contribution in [2.24, 2.45) is 0 Å². The van der Waals surface area contributed by atoms with E-state index in [9.17, 15) is 4.89 Å². The van der Waals surface area contributed by atoms with Crippen molar-refractivity contribution in [1.82, 2.24) is 5.32 Å². The van der Waals surface area contributed by atoms with Crippen molar-refractivity contribution in [3.63, 3.8) is 0 Å². The van der Waals surface area contributed by atoms with Crippen LogP contribution in [-0.2, 0) is 20.9 Å². The molecule has 0 aromatic carbocycles. The van der Waals surface area contributed by atoms with Crippen LogP contribution >= 0.6 is 6.72 Å². The summed E-state index contributed by atoms with van der Waals surface area (Å²) in [6, 6.07) is 0. The van der Waals surface area contributed by atoms with E-state index in [1.165, 1.54) is 20.0 Å². The minimum atomic E-state index is -2.91. The molecule has 6 heteroatoms. The lowest BCUT2D eigenvalue weighted by molar-refractivity contribution is 0.221. The summed E-state index contributed by atoms with van der Waals surface area (Å²) in [5, 5.41) is 3.09. The first-order chi connectivity index (χ1) is 6.62. The lowest BCUT2D eigenvalue weighted by atomic mass is 10.2. The Balaban J connectivity index is 3.17. The van der Waals surface area contributed by atoms with Crippen LogP contribution in [0, 0.1) is 0 Å². The van der Waals surface area contributed by atoms with Crippen LogP contribution < -0.4 is 5.32 Å². The van der Waals surface area contributed by atoms with Crippen LogP contribution in [0.2, 0.25) is 0 Å². The molecule has 0 bridgehead atoms. The summed E-state index contributed by atoms with van der Waals surface area (Å²) < 4.78 is 9.66. The Labute approximate surface area is 91.2 Å². The number of hydrogen-bond acceptors (Lipinski definition) is 4. The maximum Gasteiger partial charge on any atom is 0.324 e. The molecule has 86 valence electrons. The Morgan fingerprint density at radius 3 is 2.50 bits per heavy atom. The van der Waals surface area contributed by atoms with E-state index >= 15 is 0 Å². The van der Waals surface area contributed by atoms with Crippen molar-refractivity contribution in [1.29, 1.82) is 0 Å². The summed E-state index contributed by atoms with van der Waals surface area (Å²) in [4.78, 5) is 9.24. The number of nitrogens with one attached hydrogen (secondary N) is 1. The summed E-state index contributed by atoms with van der Waals surface area (Å²) >= 11 is 4.68. The molecule has 0 aliphatic rings. The van der Waals surface area contributed by atoms with Crippen molar-refractivity contribution in [3.8, 4) is 0 Å². The van der Waals surface area contributed by atoms with Gasteiger partial charge in [-0.15, -0.1) is 0 Å². The normalized spacial score (nSPS) is 15.4. The highest BCUT2D eigenvalue weighted by atomic mass is 32.5. The average molecular weight is 241 g/mol. The highest BCUT2D eigenvalue weighted by Gasteiger charge is 2.10. The third-order valence-electron chi connectivity index (χ3n) is 1.81. The van der Waals surface area contributed by atoms with E-state index in [-0.39, 0.29) is 0 Å². The van der Waals surface area contributed by atoms with E-state index in [1.54, 1.807) is 0 Å². The topological polar surface area (TPSA) is 50.7 Å². The molecule has 0 aromatic heterocycles. The van der Waals surface area contributed by atoms with Gasteiger partial charge in [0.25, 0.3) is 0 Å². The maximum absolute atomic E-state index is 9.24. The van der Waals surface area contributed by atoms with E-state index in [2.05, 4.69) is 21.6 Å². The van der Waals surface area contributed by atoms with Crippen LogP contribution in [0.4, 0.5) is 0 Å². The maximum atomic E-state index is 9.24. The fourth-order valence-corrected chi connectivity index (χ4v) is 1.68. The van der Waals surface area contributed by atoms with E-state index in [0.29, 0.717) is 6.61 Å². The van der Waals surface area contributed by atoms with Crippen LogP contribution in [-0.4, -0.2) is 32.2 Å². The van der Waals surface area contributed by atoms with Gasteiger partial charge in [0.2, 0.25) is 0 Å². The molecule has 1 atom stereocenters. The smallest absolute Gasteiger partial charge is 0.324 e. The molecule has 2 N–H and O–H groups in total. The summed E-state index contributed by atoms with van der Waals surface area (Å²) in [6.07, 6.45) is 4.37. The molecule has 0 spiro atoms. The van der Waals surface area contributed by atoms with Gasteiger partial charge in [0.15, 0.2) is 0 Å². The third-order valence-corrected chi connectivity index (χ3v) is 3.54. The molecular formula is C8H20NO3PS. The lowest BCUT2D eigenvalue weighted by Gasteiger charge is -2.12. The van der Waals surface area contributed by atoms with Gasteiger partial charge in [-0.1, -0.05) is 12.8 Å². The van der Waals surface area contributed by atoms with E-state index in [4.69, 9.17) is 4.52 Å². The van der Waals surface area contributed by atoms with Crippen molar-refractivity contribution >= 4 is 18.5 Å². The quantitative estimate of drug-likeness (QED) is 0.475. The molecule has 0 saturated heterocycles. The molecule has 0 heterocycles. The zero-order chi connectivity index (χ0) is 10.9. The van der Waals surface area contributed by atoms with Crippen LogP contribution in [0.1, 0.15) is 25.7 Å². The van der Waals surface area contributed by atoms with Crippen LogP contribution in [0.5, 0.6) is 0 Å². The van der Waals surface area contributed by atoms with Gasteiger partial charge in [0, 0.05) is 7.11 Å². The zero-order valence-corrected chi connectivity index (χ0v) is 10.6. The second kappa shape index (κ2) is 8.77. The second-order valence-corrected chi connectivity index (χ2v) is 5.95. The minimum absolute atomic E-state index is 0.487. The van der Waals surface area contributed by atoms with Gasteiger partial charge in [-0.05, 0) is 38.2 Å². The molecule has 0 radical (unpaired) electrons. The van der Waals surface area contributed by atoms with Gasteiger partial charge in [-0.2, -0.15) is 0 Å². The molecule has 0 aromatic rings. The Morgan fingerprint density at radius 1 is 1.29 bits per heavy atom. The van der Waals surface area contributed by atoms with Crippen LogP contribution in [0.15, 0.2) is 0 Å². The Kier molecular flexibility index (Phi) is 9.08. The predicted molar refractivity (Wildman–Crippen MR) is 61.9 cm³/mol. The van der Waals surface area contributed by atoms with Crippen molar-refractivity contribution in [3.05, 3.63) is 0 Å². The molecule has 0 rings (SSSR count). The summed E-state index contributed by atoms with van der Waals surface area (Å²) in [6.45, 7) is -1.37. The van der Waals surface area contributed by atoms with Crippen molar-refractivity contribution < 1.29 is 13.9 Å². The Bertz CT molecular complexity index is 180. The highest BCUT2D eigenvalue weighted by Crippen LogP contribution is 2.42. The first-order valence-corrected chi connectivity index (χ1v) is 7.39. The summed E-state index contributed by atoms with van der Waals surface area (Å²) in [5.74, 6) is 0. The standard InChI is InChI=1S/C8H20NO3PS/c1-9-7-5-3-4-6-8-12-13(10,14)11-2/h9H,3-8H2,1-2H3,(H,10,14). The van der Waals surface area contributed by atoms with E-state index < -0.39 is 6.72 Å². The van der Waals surface area contributed by atoms with Gasteiger partial charge < -0.3 is 19.3 Å². The van der Waals surface area contributed by atoms with Gasteiger partial charge in [-0.3, -0.25) is 0 Å². The molecular weight excluding hydrogens is 221 g/mol. The fourth-order valence-electron chi connectivity index (χ4n) is 0.990. The Hall–Kier alpha value is 0.490. The molecule has 0 aliphatic heterocycles. The molecule has 1 unspecified atom stereocenters. The SMILES string of the molecule is CNCCCCCCOP(O)(=S)OC. The van der Waals surface area contributed by atoms with Crippen molar-refractivity contribution in [2.75, 3.05) is 27.3 Å². The summed E-state index contributed by atoms with van der Waals surface area (Å²) in [7, 11) is 3.32. The van der Waals surface area contributed by atoms with Gasteiger partial charge in [0.1, 0.15) is 0 Å². The van der Waals surface area contributed by atoms with Crippen molar-refractivity contribution in [2.45, 2.75) is 25.7 Å². The summed E-state index contributed by atoms with van der Waals surface area (Å²) in [5.41, 5.74) is 0. The predicted octanol–water partition coefficient (Wildman–Crippen LogP) is 1.65. The molecule has 0 aliphatic carbocycles. The third kappa shape index (κ3) is 9.06. The fraction of sp³-hybridized carbons (Fsp3) is 1.00. The molecule has 0 fully saturated rings. The largest absolute Gasteiger partial charge is 0.324 e. The lowest BCUT2D eigenvalue weighted by Crippen LogP contribution is -2.07. The second-order valence-electron chi connectivity index (χ2n) is 3.00. The molecule has 0 saturated carbocycles. The zero-order valence-electron chi connectivity index (χ0n) is 8.86. The Morgan fingerprint density at radius 2 is 1.93 bits per heavy atom. The van der Waals surface area contributed by atoms with Crippen LogP contribution in [0.3, 0.4) is 0 Å². The number of hydrogen-bond donors (Lipinski definition) is 2. The first-order valence-electron chi connectivity index (χ1n) is 4.80. The average Bonchev–Trinajstić information content (AvgIpc) is 2.16. The van der Waals surface area contributed by atoms with E-state index in [0.717, 1.165) is 19.4 Å². The highest BCUT2D eigenvalue weighted by molar-refractivity contribution is 8.07. The number of unbranched alkanes of at least 4 members (excludes halogenated alkanes) is 3. The number of rotatable bonds is 9. The minimum Gasteiger partial charge on any atom is -0.324 e. The monoisotopic (exact) mass is 241 g/mol. The van der Waals surface area contributed by atoms with Crippen LogP contribution in [0.25, 0.3) is 0 Å². The van der Waals surface area contributed by atoms with Gasteiger partial charge >= 0.3 is 6.72 Å². The van der Waals surface area contributed by atoms with E-state index in [1.807, 2.05) is 7.05 Å². The van der Waals surface area contributed by atoms with Gasteiger partial charge in [0.05, 0.1) is 6.61 Å². The molecule has 4 nitrogen and oxygen atoms in total. The van der Waals surface area contributed by atoms with Gasteiger partial charge in [-0.25, -0.2) is 0 Å². The molecule has 0 amide bonds.